The van der Waals surface area contributed by atoms with Crippen LogP contribution >= 0.6 is 11.6 Å². The van der Waals surface area contributed by atoms with Crippen LogP contribution in [0.2, 0.25) is 5.02 Å². The normalized spacial score (nSPS) is 19.1. The van der Waals surface area contributed by atoms with Gasteiger partial charge in [-0.25, -0.2) is 14.0 Å². The number of nitrogens with two attached hydrogens (primary N) is 1. The van der Waals surface area contributed by atoms with Crippen molar-refractivity contribution in [3.8, 4) is 0 Å². The number of nitrogens with one attached hydrogen (secondary N) is 2. The van der Waals surface area contributed by atoms with Crippen LogP contribution in [0.3, 0.4) is 0 Å². The average molecular weight is 490 g/mol. The fourth-order valence-corrected chi connectivity index (χ4v) is 4.61. The van der Waals surface area contributed by atoms with E-state index in [0.29, 0.717) is 17.8 Å². The molecule has 0 bridgehead atoms. The zero-order valence-electron chi connectivity index (χ0n) is 18.3. The predicted molar refractivity (Wildman–Crippen MR) is 125 cm³/mol. The third kappa shape index (κ3) is 4.64. The first-order valence-corrected chi connectivity index (χ1v) is 11.3. The zero-order chi connectivity index (χ0) is 24.4. The number of halogens is 2. The number of primary amides is 1. The van der Waals surface area contributed by atoms with Gasteiger partial charge in [-0.1, -0.05) is 29.8 Å². The number of carbonyl (C=O) groups excluding carboxylic acids is 3. The third-order valence-corrected chi connectivity index (χ3v) is 6.45. The number of rotatable bonds is 5. The van der Waals surface area contributed by atoms with Gasteiger partial charge >= 0.3 is 12.1 Å². The van der Waals surface area contributed by atoms with Gasteiger partial charge in [0, 0.05) is 42.9 Å². The summed E-state index contributed by atoms with van der Waals surface area (Å²) >= 11 is 5.80. The Hall–Kier alpha value is -3.37. The Labute approximate surface area is 200 Å². The molecule has 180 valence electrons. The number of carbonyl (C=O) groups is 3. The lowest BCUT2D eigenvalue weighted by Gasteiger charge is -2.24. The molecular weight excluding hydrogens is 465 g/mol. The van der Waals surface area contributed by atoms with Crippen molar-refractivity contribution in [2.45, 2.75) is 31.8 Å². The van der Waals surface area contributed by atoms with E-state index in [-0.39, 0.29) is 42.6 Å². The van der Waals surface area contributed by atoms with Gasteiger partial charge in [-0.15, -0.1) is 0 Å². The van der Waals surface area contributed by atoms with Crippen molar-refractivity contribution < 1.29 is 23.9 Å². The molecule has 1 saturated heterocycles. The second kappa shape index (κ2) is 9.86. The maximum atomic E-state index is 14.2. The van der Waals surface area contributed by atoms with Crippen LogP contribution in [0.5, 0.6) is 0 Å². The summed E-state index contributed by atoms with van der Waals surface area (Å²) in [7, 11) is 0. The molecule has 4 rings (SSSR count). The molecule has 2 aromatic rings. The van der Waals surface area contributed by atoms with Crippen molar-refractivity contribution in [2.75, 3.05) is 18.5 Å². The molecule has 2 heterocycles. The van der Waals surface area contributed by atoms with Gasteiger partial charge in [0.05, 0.1) is 16.4 Å². The topological polar surface area (TPSA) is 130 Å². The molecular formula is C23H25ClFN5O4. The molecule has 1 aliphatic carbocycles. The van der Waals surface area contributed by atoms with Crippen LogP contribution in [-0.4, -0.2) is 51.7 Å². The minimum absolute atomic E-state index is 0.0463. The molecule has 0 spiro atoms. The van der Waals surface area contributed by atoms with Crippen LogP contribution in [0.25, 0.3) is 6.08 Å². The standard InChI is InChI=1S/C23H25ClFN5O4/c24-16-6-3-4-14(20(16)25)9-27-21(32)19-8-13(12-31)10-30(19)23(34)28-17-11-29(22(26)33)18-7-2-1-5-15(17)18/h2-4,6-7,11,13,19,31H,1,5,8-10,12H2,(H2,26,33)(H,27,32)(H,28,34)/t13-,19-/m0/s1. The largest absolute Gasteiger partial charge is 0.396 e. The quantitative estimate of drug-likeness (QED) is 0.514. The Kier molecular flexibility index (Phi) is 6.90. The summed E-state index contributed by atoms with van der Waals surface area (Å²) in [4.78, 5) is 39.2. The zero-order valence-corrected chi connectivity index (χ0v) is 19.0. The molecule has 2 aliphatic rings. The van der Waals surface area contributed by atoms with Crippen LogP contribution in [0, 0.1) is 11.7 Å². The van der Waals surface area contributed by atoms with E-state index < -0.39 is 29.8 Å². The highest BCUT2D eigenvalue weighted by atomic mass is 35.5. The molecule has 34 heavy (non-hydrogen) atoms. The summed E-state index contributed by atoms with van der Waals surface area (Å²) in [5.74, 6) is -1.36. The summed E-state index contributed by atoms with van der Waals surface area (Å²) < 4.78 is 15.4. The first kappa shape index (κ1) is 23.8. The number of aromatic nitrogens is 1. The number of aliphatic hydroxyl groups is 1. The summed E-state index contributed by atoms with van der Waals surface area (Å²) in [6.07, 6.45) is 6.80. The molecule has 1 aliphatic heterocycles. The maximum absolute atomic E-state index is 14.2. The Bertz CT molecular complexity index is 1160. The highest BCUT2D eigenvalue weighted by Crippen LogP contribution is 2.30. The Morgan fingerprint density at radius 1 is 1.29 bits per heavy atom. The molecule has 0 radical (unpaired) electrons. The van der Waals surface area contributed by atoms with Gasteiger partial charge in [-0.2, -0.15) is 0 Å². The Balaban J connectivity index is 1.50. The number of hydrogen-bond acceptors (Lipinski definition) is 4. The molecule has 11 heteroatoms. The van der Waals surface area contributed by atoms with Crippen molar-refractivity contribution in [1.82, 2.24) is 14.8 Å². The van der Waals surface area contributed by atoms with E-state index in [2.05, 4.69) is 10.6 Å². The molecule has 2 atom stereocenters. The van der Waals surface area contributed by atoms with Crippen LogP contribution < -0.4 is 16.4 Å². The van der Waals surface area contributed by atoms with Crippen molar-refractivity contribution >= 4 is 41.3 Å². The number of nitrogens with zero attached hydrogens (tertiary/aromatic N) is 2. The molecule has 5 N–H and O–H groups in total. The van der Waals surface area contributed by atoms with Crippen LogP contribution in [0.1, 0.15) is 29.7 Å². The monoisotopic (exact) mass is 489 g/mol. The van der Waals surface area contributed by atoms with Crippen molar-refractivity contribution in [2.24, 2.45) is 11.7 Å². The van der Waals surface area contributed by atoms with E-state index in [1.807, 2.05) is 6.08 Å². The van der Waals surface area contributed by atoms with E-state index in [4.69, 9.17) is 17.3 Å². The second-order valence-electron chi connectivity index (χ2n) is 8.37. The van der Waals surface area contributed by atoms with E-state index in [9.17, 15) is 23.9 Å². The number of allylic oxidation sites excluding steroid dienone is 1. The van der Waals surface area contributed by atoms with Gasteiger partial charge < -0.3 is 26.4 Å². The smallest absolute Gasteiger partial charge is 0.323 e. The molecule has 1 aromatic carbocycles. The van der Waals surface area contributed by atoms with Gasteiger partial charge in [0.25, 0.3) is 0 Å². The Morgan fingerprint density at radius 2 is 2.09 bits per heavy atom. The third-order valence-electron chi connectivity index (χ3n) is 6.16. The van der Waals surface area contributed by atoms with E-state index >= 15 is 0 Å². The number of hydrogen-bond donors (Lipinski definition) is 4. The van der Waals surface area contributed by atoms with Crippen molar-refractivity contribution in [3.63, 3.8) is 0 Å². The lowest BCUT2D eigenvalue weighted by molar-refractivity contribution is -0.124. The maximum Gasteiger partial charge on any atom is 0.323 e. The SMILES string of the molecule is NC(=O)n1cc(NC(=O)N2C[C@@H](CO)C[C@H]2C(=O)NCc2cccc(Cl)c2F)c2c1C=CCC2. The summed E-state index contributed by atoms with van der Waals surface area (Å²) in [5.41, 5.74) is 7.51. The lowest BCUT2D eigenvalue weighted by Crippen LogP contribution is -2.47. The highest BCUT2D eigenvalue weighted by Gasteiger charge is 2.39. The summed E-state index contributed by atoms with van der Waals surface area (Å²) in [6, 6.07) is 2.44. The number of urea groups is 1. The average Bonchev–Trinajstić information content (AvgIpc) is 3.42. The fraction of sp³-hybridized carbons (Fsp3) is 0.348. The summed E-state index contributed by atoms with van der Waals surface area (Å²) in [5, 5.41) is 15.0. The van der Waals surface area contributed by atoms with Gasteiger partial charge in [0.2, 0.25) is 5.91 Å². The number of benzene rings is 1. The number of amides is 4. The number of likely N-dealkylation sites (tertiary alicyclic amines) is 1. The van der Waals surface area contributed by atoms with Gasteiger partial charge in [-0.05, 0) is 31.4 Å². The first-order chi connectivity index (χ1) is 16.3. The van der Waals surface area contributed by atoms with Gasteiger partial charge in [-0.3, -0.25) is 9.36 Å². The molecule has 1 fully saturated rings. The van der Waals surface area contributed by atoms with Crippen molar-refractivity contribution in [1.29, 1.82) is 0 Å². The van der Waals surface area contributed by atoms with Crippen LogP contribution in [0.15, 0.2) is 30.5 Å². The molecule has 0 unspecified atom stereocenters. The van der Waals surface area contributed by atoms with Crippen molar-refractivity contribution in [3.05, 3.63) is 58.1 Å². The van der Waals surface area contributed by atoms with E-state index in [1.54, 1.807) is 12.1 Å². The molecule has 0 saturated carbocycles. The second-order valence-corrected chi connectivity index (χ2v) is 8.78. The van der Waals surface area contributed by atoms with Gasteiger partial charge in [0.1, 0.15) is 11.9 Å². The minimum atomic E-state index is -0.853. The molecule has 1 aromatic heterocycles. The molecule has 9 nitrogen and oxygen atoms in total. The lowest BCUT2D eigenvalue weighted by atomic mass is 10.0. The highest BCUT2D eigenvalue weighted by molar-refractivity contribution is 6.30. The van der Waals surface area contributed by atoms with Crippen LogP contribution in [-0.2, 0) is 17.8 Å². The fourth-order valence-electron chi connectivity index (χ4n) is 4.42. The predicted octanol–water partition coefficient (Wildman–Crippen LogP) is 2.70. The van der Waals surface area contributed by atoms with E-state index in [0.717, 1.165) is 12.0 Å². The number of fused-ring (bicyclic) bond motifs is 1. The van der Waals surface area contributed by atoms with Gasteiger partial charge in [0.15, 0.2) is 0 Å². The Morgan fingerprint density at radius 3 is 2.82 bits per heavy atom. The minimum Gasteiger partial charge on any atom is -0.396 e. The number of anilines is 1. The first-order valence-electron chi connectivity index (χ1n) is 10.9. The molecule has 4 amide bonds. The summed E-state index contributed by atoms with van der Waals surface area (Å²) in [6.45, 7) is -0.110. The van der Waals surface area contributed by atoms with Crippen LogP contribution in [0.4, 0.5) is 19.7 Å². The van der Waals surface area contributed by atoms with E-state index in [1.165, 1.54) is 27.8 Å². The number of aliphatic hydroxyl groups excluding tert-OH is 1.